The Hall–Kier alpha value is -4.47. The molecule has 0 bridgehead atoms. The minimum absolute atomic E-state index is 0.500. The topological polar surface area (TPSA) is 45.1 Å². The lowest BCUT2D eigenvalue weighted by Gasteiger charge is -2.21. The van der Waals surface area contributed by atoms with Gasteiger partial charge in [-0.1, -0.05) is 61.9 Å². The van der Waals surface area contributed by atoms with Crippen molar-refractivity contribution in [3.63, 3.8) is 0 Å². The molecule has 4 atom stereocenters. The van der Waals surface area contributed by atoms with Crippen molar-refractivity contribution in [2.45, 2.75) is 198 Å². The van der Waals surface area contributed by atoms with Gasteiger partial charge in [0.1, 0.15) is 13.1 Å². The molecule has 1 N–H and O–H groups in total. The third-order valence-electron chi connectivity index (χ3n) is 17.6. The van der Waals surface area contributed by atoms with Crippen molar-refractivity contribution in [2.24, 2.45) is 4.99 Å². The highest BCUT2D eigenvalue weighted by molar-refractivity contribution is 5.72. The Kier molecular flexibility index (Phi) is 25.8. The van der Waals surface area contributed by atoms with Crippen molar-refractivity contribution in [3.05, 3.63) is 155 Å². The average Bonchev–Trinajstić information content (AvgIpc) is 4.28. The van der Waals surface area contributed by atoms with Crippen LogP contribution >= 0.6 is 0 Å². The number of hydrogen-bond donors (Lipinski definition) is 1. The summed E-state index contributed by atoms with van der Waals surface area (Å²) in [7, 11) is 9.09. The van der Waals surface area contributed by atoms with E-state index in [9.17, 15) is 0 Å². The predicted molar refractivity (Wildman–Crippen MR) is 322 cm³/mol. The maximum Gasteiger partial charge on any atom is 0.173 e. The Balaban J connectivity index is 0.982. The van der Waals surface area contributed by atoms with E-state index in [4.69, 9.17) is 4.99 Å². The molecule has 76 heavy (non-hydrogen) atoms. The first-order valence-electron chi connectivity index (χ1n) is 30.8. The third-order valence-corrected chi connectivity index (χ3v) is 17.6. The van der Waals surface area contributed by atoms with Gasteiger partial charge < -0.3 is 5.32 Å². The van der Waals surface area contributed by atoms with Crippen molar-refractivity contribution in [2.75, 3.05) is 67.5 Å². The Morgan fingerprint density at radius 3 is 1.53 bits per heavy atom. The molecule has 7 rings (SSSR count). The second-order valence-electron chi connectivity index (χ2n) is 23.3. The summed E-state index contributed by atoms with van der Waals surface area (Å²) in [5.41, 5.74) is 12.3. The van der Waals surface area contributed by atoms with Gasteiger partial charge in [-0.05, 0) is 241 Å². The highest BCUT2D eigenvalue weighted by atomic mass is 15.2. The van der Waals surface area contributed by atoms with Crippen molar-refractivity contribution in [3.8, 4) is 0 Å². The molecule has 4 saturated heterocycles. The van der Waals surface area contributed by atoms with Gasteiger partial charge in [-0.3, -0.25) is 24.6 Å². The highest BCUT2D eigenvalue weighted by Crippen LogP contribution is 2.31. The van der Waals surface area contributed by atoms with Crippen LogP contribution in [0.1, 0.15) is 181 Å². The van der Waals surface area contributed by atoms with Crippen molar-refractivity contribution >= 4 is 6.21 Å². The molecule has 0 amide bonds. The Morgan fingerprint density at radius 2 is 1.05 bits per heavy atom. The monoisotopic (exact) mass is 1030 g/mol. The zero-order chi connectivity index (χ0) is 53.2. The number of hydrogen-bond acceptors (Lipinski definition) is 6. The number of benzene rings is 1. The van der Waals surface area contributed by atoms with Crippen LogP contribution < -0.4 is 14.5 Å². The van der Waals surface area contributed by atoms with E-state index < -0.39 is 0 Å². The highest BCUT2D eigenvalue weighted by Gasteiger charge is 2.27. The van der Waals surface area contributed by atoms with Crippen molar-refractivity contribution < 1.29 is 9.13 Å². The fraction of sp³-hybridized carbons (Fsp3) is 0.603. The summed E-state index contributed by atoms with van der Waals surface area (Å²) in [6, 6.07) is 16.8. The summed E-state index contributed by atoms with van der Waals surface area (Å²) < 4.78 is 4.91. The van der Waals surface area contributed by atoms with E-state index >= 15 is 0 Å². The van der Waals surface area contributed by atoms with Crippen LogP contribution in [-0.4, -0.2) is 105 Å². The Bertz CT molecular complexity index is 2340. The lowest BCUT2D eigenvalue weighted by molar-refractivity contribution is -0.698. The molecule has 4 aliphatic heterocycles. The summed E-state index contributed by atoms with van der Waals surface area (Å²) in [5.74, 6) is 0. The molecule has 0 aliphatic carbocycles. The van der Waals surface area contributed by atoms with E-state index in [0.717, 1.165) is 32.6 Å². The quantitative estimate of drug-likeness (QED) is 0.0285. The van der Waals surface area contributed by atoms with Crippen LogP contribution in [0.15, 0.2) is 127 Å². The zero-order valence-corrected chi connectivity index (χ0v) is 48.7. The van der Waals surface area contributed by atoms with Crippen LogP contribution in [0.2, 0.25) is 0 Å². The van der Waals surface area contributed by atoms with Gasteiger partial charge in [0.05, 0.1) is 0 Å². The molecule has 4 unspecified atom stereocenters. The normalized spacial score (nSPS) is 21.5. The average molecular weight is 1030 g/mol. The molecule has 0 saturated carbocycles. The fourth-order valence-electron chi connectivity index (χ4n) is 13.1. The molecule has 8 nitrogen and oxygen atoms in total. The Labute approximate surface area is 463 Å². The predicted octanol–water partition coefficient (Wildman–Crippen LogP) is 13.0. The number of nitrogens with one attached hydrogen (secondary N) is 1. The molecule has 4 aliphatic rings. The maximum absolute atomic E-state index is 4.83. The van der Waals surface area contributed by atoms with E-state index in [1.54, 1.807) is 22.3 Å². The van der Waals surface area contributed by atoms with Gasteiger partial charge in [0.2, 0.25) is 0 Å². The van der Waals surface area contributed by atoms with Gasteiger partial charge in [-0.25, -0.2) is 9.13 Å². The molecule has 1 aromatic carbocycles. The van der Waals surface area contributed by atoms with E-state index in [1.165, 1.54) is 196 Å². The van der Waals surface area contributed by atoms with Crippen molar-refractivity contribution in [1.82, 2.24) is 24.9 Å². The molecule has 0 radical (unpaired) electrons. The van der Waals surface area contributed by atoms with Gasteiger partial charge in [-0.2, -0.15) is 0 Å². The fourth-order valence-corrected chi connectivity index (χ4v) is 13.1. The minimum atomic E-state index is 0.500. The summed E-state index contributed by atoms with van der Waals surface area (Å²) >= 11 is 0. The van der Waals surface area contributed by atoms with Crippen LogP contribution in [-0.2, 0) is 38.8 Å². The Morgan fingerprint density at radius 1 is 0.579 bits per heavy atom. The first kappa shape index (κ1) is 59.2. The van der Waals surface area contributed by atoms with Gasteiger partial charge in [-0.15, -0.1) is 0 Å². The number of likely N-dealkylation sites (tertiary alicyclic amines) is 4. The number of aromatic nitrogens is 2. The molecular weight excluding hydrogens is 929 g/mol. The number of rotatable bonds is 33. The van der Waals surface area contributed by atoms with Gasteiger partial charge in [0.15, 0.2) is 24.8 Å². The molecule has 8 heteroatoms. The summed E-state index contributed by atoms with van der Waals surface area (Å²) in [5, 5.41) is 3.71. The van der Waals surface area contributed by atoms with Crippen LogP contribution in [0.25, 0.3) is 0 Å². The maximum atomic E-state index is 4.83. The molecule has 6 heterocycles. The standard InChI is InChI=1S/C68H104N8/c1-7-9-29-62(66-38-26-45-72(66)4)54-70-42-19-11-15-31-59-53-60(32-16-12-20-48-75-50-23-35-63(55-75)67-39-27-46-73(67)5)58(30-14-10-18-41-69-43-22-34-57(8-2)65-37-25-44-71(65)3)52-61(59)33-17-13-21-49-76-51-24-36-64(56-76)68-40-28-47-74(68)6/h7-9,22-24,29,34-36,43,50-56,65-68,70H,1,10-21,25-28,30-33,37-42,44-49H2,2-6H3/q+2/b29-9-,34-22-,57-8+,62-54+,69-43?. The summed E-state index contributed by atoms with van der Waals surface area (Å²) in [4.78, 5) is 14.9. The molecule has 3 aromatic rings. The number of nitrogens with zero attached hydrogens (tertiary/aromatic N) is 7. The number of unbranched alkanes of at least 4 members (excludes halogenated alkanes) is 8. The lowest BCUT2D eigenvalue weighted by atomic mass is 9.88. The number of pyridine rings is 2. The van der Waals surface area contributed by atoms with Crippen LogP contribution in [0.3, 0.4) is 0 Å². The van der Waals surface area contributed by atoms with E-state index in [2.05, 4.69) is 174 Å². The van der Waals surface area contributed by atoms with E-state index in [0.29, 0.717) is 24.2 Å². The molecule has 414 valence electrons. The van der Waals surface area contributed by atoms with Crippen LogP contribution in [0, 0.1) is 0 Å². The third kappa shape index (κ3) is 18.9. The van der Waals surface area contributed by atoms with Crippen LogP contribution in [0.5, 0.6) is 0 Å². The summed E-state index contributed by atoms with van der Waals surface area (Å²) in [6.45, 7) is 15.0. The second-order valence-corrected chi connectivity index (χ2v) is 23.3. The van der Waals surface area contributed by atoms with Gasteiger partial charge in [0.25, 0.3) is 0 Å². The molecular formula is C68H104N8+2. The first-order chi connectivity index (χ1) is 37.3. The molecule has 2 aromatic heterocycles. The van der Waals surface area contributed by atoms with E-state index in [-0.39, 0.29) is 0 Å². The molecule has 4 fully saturated rings. The number of aryl methyl sites for hydroxylation is 6. The largest absolute Gasteiger partial charge is 0.391 e. The lowest BCUT2D eigenvalue weighted by Crippen LogP contribution is -2.34. The summed E-state index contributed by atoms with van der Waals surface area (Å²) in [6.07, 6.45) is 56.4. The van der Waals surface area contributed by atoms with Crippen molar-refractivity contribution in [1.29, 1.82) is 0 Å². The zero-order valence-electron chi connectivity index (χ0n) is 48.7. The SMILES string of the molecule is C=C/C=C\C(=C/NCCCCCc1cc(CCCCC[n+]2cccc(C3CCCN3C)c2)c(CCCCCN=C/C=C\C(=C/C)C2CCCN2C)cc1CCCCC[n+]1cccc(C2CCCN2C)c1)C1CCCN1C. The number of likely N-dealkylation sites (N-methyl/N-ethyl adjacent to an activating group) is 2. The molecule has 0 spiro atoms. The van der Waals surface area contributed by atoms with E-state index in [1.807, 2.05) is 12.3 Å². The smallest absolute Gasteiger partial charge is 0.173 e. The number of allylic oxidation sites excluding steroid dienone is 4. The van der Waals surface area contributed by atoms with Gasteiger partial charge >= 0.3 is 0 Å². The van der Waals surface area contributed by atoms with Gasteiger partial charge in [0, 0.05) is 85.8 Å². The van der Waals surface area contributed by atoms with Crippen LogP contribution in [0.4, 0.5) is 0 Å². The second kappa shape index (κ2) is 33.1. The minimum Gasteiger partial charge on any atom is -0.391 e. The number of aliphatic imine (C=N–C) groups is 1. The first-order valence-corrected chi connectivity index (χ1v) is 30.8.